The lowest BCUT2D eigenvalue weighted by Gasteiger charge is -2.10. The minimum Gasteiger partial charge on any atom is -0.399 e. The van der Waals surface area contributed by atoms with E-state index in [9.17, 15) is 9.18 Å². The Hall–Kier alpha value is -2.56. The number of carbonyl (C=O) groups is 1. The number of hydrogen-bond acceptors (Lipinski definition) is 3. The van der Waals surface area contributed by atoms with Gasteiger partial charge in [-0.15, -0.1) is 0 Å². The van der Waals surface area contributed by atoms with Crippen molar-refractivity contribution < 1.29 is 9.18 Å². The van der Waals surface area contributed by atoms with Crippen LogP contribution in [-0.4, -0.2) is 5.91 Å². The summed E-state index contributed by atoms with van der Waals surface area (Å²) in [4.78, 5) is 11.2. The molecule has 0 spiro atoms. The Morgan fingerprint density at radius 2 is 1.94 bits per heavy atom. The minimum atomic E-state index is -0.694. The second-order valence-corrected chi connectivity index (χ2v) is 3.80. The van der Waals surface area contributed by atoms with Gasteiger partial charge in [-0.3, -0.25) is 4.79 Å². The number of nitrogens with two attached hydrogens (primary N) is 2. The highest BCUT2D eigenvalue weighted by atomic mass is 19.1. The third kappa shape index (κ3) is 2.57. The van der Waals surface area contributed by atoms with Gasteiger partial charge in [-0.25, -0.2) is 4.39 Å². The summed E-state index contributed by atoms with van der Waals surface area (Å²) in [5.41, 5.74) is 12.7. The zero-order chi connectivity index (χ0) is 13.1. The summed E-state index contributed by atoms with van der Waals surface area (Å²) >= 11 is 0. The Balaban J connectivity index is 2.37. The first-order valence-electron chi connectivity index (χ1n) is 5.28. The van der Waals surface area contributed by atoms with E-state index in [1.165, 1.54) is 12.1 Å². The number of anilines is 3. The fourth-order valence-electron chi connectivity index (χ4n) is 1.60. The quantitative estimate of drug-likeness (QED) is 0.725. The van der Waals surface area contributed by atoms with E-state index < -0.39 is 11.7 Å². The van der Waals surface area contributed by atoms with Crippen LogP contribution in [-0.2, 0) is 0 Å². The van der Waals surface area contributed by atoms with Gasteiger partial charge in [0.15, 0.2) is 0 Å². The molecule has 0 aliphatic carbocycles. The molecule has 92 valence electrons. The molecule has 0 atom stereocenters. The van der Waals surface area contributed by atoms with Crippen molar-refractivity contribution in [3.8, 4) is 0 Å². The second kappa shape index (κ2) is 4.75. The van der Waals surface area contributed by atoms with Crippen LogP contribution in [0.2, 0.25) is 0 Å². The van der Waals surface area contributed by atoms with Crippen LogP contribution in [0.1, 0.15) is 10.4 Å². The molecule has 0 heterocycles. The molecule has 4 nitrogen and oxygen atoms in total. The summed E-state index contributed by atoms with van der Waals surface area (Å²) in [7, 11) is 0. The lowest BCUT2D eigenvalue weighted by atomic mass is 10.1. The predicted octanol–water partition coefficient (Wildman–Crippen LogP) is 2.25. The Bertz CT molecular complexity index is 599. The molecule has 18 heavy (non-hydrogen) atoms. The minimum absolute atomic E-state index is 0.0948. The van der Waals surface area contributed by atoms with Gasteiger partial charge in [0.25, 0.3) is 5.91 Å². The van der Waals surface area contributed by atoms with Crippen molar-refractivity contribution in [3.63, 3.8) is 0 Å². The number of amides is 1. The van der Waals surface area contributed by atoms with Gasteiger partial charge in [0.05, 0.1) is 11.3 Å². The molecule has 0 aliphatic heterocycles. The van der Waals surface area contributed by atoms with Gasteiger partial charge >= 0.3 is 0 Å². The molecule has 1 amide bonds. The Labute approximate surface area is 103 Å². The zero-order valence-corrected chi connectivity index (χ0v) is 9.48. The average molecular weight is 245 g/mol. The molecule has 0 aromatic heterocycles. The maximum Gasteiger partial charge on any atom is 0.250 e. The number of halogens is 1. The predicted molar refractivity (Wildman–Crippen MR) is 69.1 cm³/mol. The van der Waals surface area contributed by atoms with Crippen molar-refractivity contribution in [2.24, 2.45) is 5.73 Å². The highest BCUT2D eigenvalue weighted by Gasteiger charge is 2.09. The van der Waals surface area contributed by atoms with E-state index in [0.717, 1.165) is 6.07 Å². The molecule has 5 N–H and O–H groups in total. The number of benzene rings is 2. The molecule has 2 aromatic rings. The van der Waals surface area contributed by atoms with Gasteiger partial charge in [-0.1, -0.05) is 6.07 Å². The lowest BCUT2D eigenvalue weighted by Crippen LogP contribution is -2.13. The Morgan fingerprint density at radius 1 is 1.17 bits per heavy atom. The van der Waals surface area contributed by atoms with Gasteiger partial charge in [-0.2, -0.15) is 0 Å². The van der Waals surface area contributed by atoms with Gasteiger partial charge in [0.2, 0.25) is 0 Å². The zero-order valence-electron chi connectivity index (χ0n) is 9.48. The van der Waals surface area contributed by atoms with Crippen LogP contribution in [0.4, 0.5) is 21.5 Å². The normalized spacial score (nSPS) is 10.1. The molecule has 5 heteroatoms. The van der Waals surface area contributed by atoms with E-state index in [4.69, 9.17) is 11.5 Å². The van der Waals surface area contributed by atoms with Crippen LogP contribution in [0.3, 0.4) is 0 Å². The van der Waals surface area contributed by atoms with E-state index in [1.54, 1.807) is 24.3 Å². The fraction of sp³-hybridized carbons (Fsp3) is 0. The molecule has 0 aliphatic rings. The van der Waals surface area contributed by atoms with Crippen molar-refractivity contribution in [1.29, 1.82) is 0 Å². The summed E-state index contributed by atoms with van der Waals surface area (Å²) in [6.45, 7) is 0. The molecule has 0 saturated carbocycles. The van der Waals surface area contributed by atoms with Crippen molar-refractivity contribution in [2.45, 2.75) is 0 Å². The monoisotopic (exact) mass is 245 g/mol. The first-order chi connectivity index (χ1) is 8.56. The fourth-order valence-corrected chi connectivity index (χ4v) is 1.60. The molecule has 2 aromatic carbocycles. The van der Waals surface area contributed by atoms with Crippen LogP contribution in [0.25, 0.3) is 0 Å². The summed E-state index contributed by atoms with van der Waals surface area (Å²) in [6.07, 6.45) is 0. The number of rotatable bonds is 3. The topological polar surface area (TPSA) is 81.1 Å². The molecule has 0 bridgehead atoms. The molecular formula is C13H12FN3O. The highest BCUT2D eigenvalue weighted by molar-refractivity contribution is 5.99. The second-order valence-electron chi connectivity index (χ2n) is 3.80. The smallest absolute Gasteiger partial charge is 0.250 e. The standard InChI is InChI=1S/C13H12FN3O/c14-8-4-5-12(11(6-8)13(16)18)17-10-3-1-2-9(15)7-10/h1-7,17H,15H2,(H2,16,18). The Kier molecular flexibility index (Phi) is 3.14. The highest BCUT2D eigenvalue weighted by Crippen LogP contribution is 2.22. The van der Waals surface area contributed by atoms with Crippen molar-refractivity contribution >= 4 is 23.0 Å². The molecule has 0 fully saturated rings. The number of nitrogens with one attached hydrogen (secondary N) is 1. The van der Waals surface area contributed by atoms with E-state index in [1.807, 2.05) is 0 Å². The first kappa shape index (κ1) is 11.9. The van der Waals surface area contributed by atoms with Crippen molar-refractivity contribution in [2.75, 3.05) is 11.1 Å². The van der Waals surface area contributed by atoms with Crippen LogP contribution >= 0.6 is 0 Å². The summed E-state index contributed by atoms with van der Waals surface area (Å²) in [5, 5.41) is 2.97. The molecule has 2 rings (SSSR count). The van der Waals surface area contributed by atoms with E-state index in [0.29, 0.717) is 17.1 Å². The van der Waals surface area contributed by atoms with Crippen LogP contribution in [0.5, 0.6) is 0 Å². The van der Waals surface area contributed by atoms with Gasteiger partial charge in [0.1, 0.15) is 5.82 Å². The lowest BCUT2D eigenvalue weighted by molar-refractivity contribution is 0.100. The van der Waals surface area contributed by atoms with Gasteiger partial charge in [0, 0.05) is 11.4 Å². The van der Waals surface area contributed by atoms with Crippen molar-refractivity contribution in [1.82, 2.24) is 0 Å². The third-order valence-electron chi connectivity index (χ3n) is 2.41. The summed E-state index contributed by atoms with van der Waals surface area (Å²) in [5.74, 6) is -1.21. The number of primary amides is 1. The maximum atomic E-state index is 13.1. The average Bonchev–Trinajstić information content (AvgIpc) is 2.31. The molecule has 0 saturated heterocycles. The van der Waals surface area contributed by atoms with E-state index >= 15 is 0 Å². The van der Waals surface area contributed by atoms with Crippen molar-refractivity contribution in [3.05, 3.63) is 53.8 Å². The number of nitrogen functional groups attached to an aromatic ring is 1. The molecule has 0 unspecified atom stereocenters. The largest absolute Gasteiger partial charge is 0.399 e. The molecule has 0 radical (unpaired) electrons. The van der Waals surface area contributed by atoms with Crippen LogP contribution in [0, 0.1) is 5.82 Å². The first-order valence-corrected chi connectivity index (χ1v) is 5.28. The van der Waals surface area contributed by atoms with Crippen LogP contribution < -0.4 is 16.8 Å². The number of hydrogen-bond donors (Lipinski definition) is 3. The van der Waals surface area contributed by atoms with Gasteiger partial charge in [-0.05, 0) is 36.4 Å². The third-order valence-corrected chi connectivity index (χ3v) is 2.41. The number of carbonyl (C=O) groups excluding carboxylic acids is 1. The maximum absolute atomic E-state index is 13.1. The summed E-state index contributed by atoms with van der Waals surface area (Å²) < 4.78 is 13.1. The van der Waals surface area contributed by atoms with E-state index in [-0.39, 0.29) is 5.56 Å². The van der Waals surface area contributed by atoms with Crippen LogP contribution in [0.15, 0.2) is 42.5 Å². The Morgan fingerprint density at radius 3 is 2.61 bits per heavy atom. The van der Waals surface area contributed by atoms with E-state index in [2.05, 4.69) is 5.32 Å². The SMILES string of the molecule is NC(=O)c1cc(F)ccc1Nc1cccc(N)c1. The van der Waals surface area contributed by atoms with Gasteiger partial charge < -0.3 is 16.8 Å². The molecular weight excluding hydrogens is 233 g/mol. The summed E-state index contributed by atoms with van der Waals surface area (Å²) in [6, 6.07) is 10.8.